The van der Waals surface area contributed by atoms with E-state index in [1.807, 2.05) is 23.3 Å². The maximum Gasteiger partial charge on any atom is 0.123 e. The lowest BCUT2D eigenvalue weighted by molar-refractivity contribution is 0.543. The second-order valence-electron chi connectivity index (χ2n) is 7.06. The van der Waals surface area contributed by atoms with Crippen molar-refractivity contribution in [2.45, 2.75) is 39.3 Å². The summed E-state index contributed by atoms with van der Waals surface area (Å²) in [5.41, 5.74) is 4.95. The molecule has 4 nitrogen and oxygen atoms in total. The molecule has 0 saturated carbocycles. The Balaban J connectivity index is 1.61. The number of hydrogen-bond acceptors (Lipinski definition) is 4. The molecule has 0 bridgehead atoms. The third-order valence-electron chi connectivity index (χ3n) is 3.89. The van der Waals surface area contributed by atoms with Crippen LogP contribution in [0.15, 0.2) is 42.0 Å². The SMILES string of the molecule is Cn1cc(CNCc2ccc(-c3nccs3)cc2)c(C(C)(C)C)n1. The molecule has 5 heteroatoms. The molecule has 1 aromatic carbocycles. The summed E-state index contributed by atoms with van der Waals surface area (Å²) in [7, 11) is 1.98. The van der Waals surface area contributed by atoms with E-state index in [1.165, 1.54) is 16.7 Å². The van der Waals surface area contributed by atoms with Gasteiger partial charge in [-0.15, -0.1) is 11.3 Å². The van der Waals surface area contributed by atoms with E-state index in [0.29, 0.717) is 0 Å². The number of nitrogens with zero attached hydrogens (tertiary/aromatic N) is 3. The van der Waals surface area contributed by atoms with Gasteiger partial charge in [0.05, 0.1) is 5.69 Å². The summed E-state index contributed by atoms with van der Waals surface area (Å²) >= 11 is 1.67. The summed E-state index contributed by atoms with van der Waals surface area (Å²) in [6.45, 7) is 8.29. The van der Waals surface area contributed by atoms with E-state index in [-0.39, 0.29) is 5.41 Å². The molecule has 0 saturated heterocycles. The van der Waals surface area contributed by atoms with Crippen LogP contribution in [0.2, 0.25) is 0 Å². The van der Waals surface area contributed by atoms with Gasteiger partial charge in [0.25, 0.3) is 0 Å². The fourth-order valence-corrected chi connectivity index (χ4v) is 3.42. The fraction of sp³-hybridized carbons (Fsp3) is 0.368. The van der Waals surface area contributed by atoms with Gasteiger partial charge >= 0.3 is 0 Å². The number of hydrogen-bond donors (Lipinski definition) is 1. The molecule has 24 heavy (non-hydrogen) atoms. The minimum absolute atomic E-state index is 0.0631. The van der Waals surface area contributed by atoms with E-state index in [2.05, 4.69) is 66.6 Å². The predicted octanol–water partition coefficient (Wildman–Crippen LogP) is 4.13. The molecule has 0 radical (unpaired) electrons. The monoisotopic (exact) mass is 340 g/mol. The lowest BCUT2D eigenvalue weighted by atomic mass is 9.89. The van der Waals surface area contributed by atoms with Crippen LogP contribution in [0.3, 0.4) is 0 Å². The number of benzene rings is 1. The molecule has 3 rings (SSSR count). The van der Waals surface area contributed by atoms with Gasteiger partial charge in [-0.1, -0.05) is 45.0 Å². The standard InChI is InChI=1S/C19H24N4S/c1-19(2,3)17-16(13-23(4)22-17)12-20-11-14-5-7-15(8-6-14)18-21-9-10-24-18/h5-10,13,20H,11-12H2,1-4H3. The number of rotatable bonds is 5. The molecule has 1 N–H and O–H groups in total. The fourth-order valence-electron chi connectivity index (χ4n) is 2.77. The van der Waals surface area contributed by atoms with Crippen molar-refractivity contribution in [1.82, 2.24) is 20.1 Å². The molecule has 0 spiro atoms. The van der Waals surface area contributed by atoms with E-state index in [4.69, 9.17) is 0 Å². The van der Waals surface area contributed by atoms with E-state index in [0.717, 1.165) is 23.8 Å². The van der Waals surface area contributed by atoms with Crippen molar-refractivity contribution in [3.63, 3.8) is 0 Å². The summed E-state index contributed by atoms with van der Waals surface area (Å²) in [5.74, 6) is 0. The highest BCUT2D eigenvalue weighted by Crippen LogP contribution is 2.24. The van der Waals surface area contributed by atoms with Gasteiger partial charge in [-0.25, -0.2) is 4.98 Å². The smallest absolute Gasteiger partial charge is 0.123 e. The van der Waals surface area contributed by atoms with Gasteiger partial charge in [-0.3, -0.25) is 4.68 Å². The van der Waals surface area contributed by atoms with Crippen LogP contribution in [0.1, 0.15) is 37.6 Å². The van der Waals surface area contributed by atoms with E-state index >= 15 is 0 Å². The molecule has 0 aliphatic carbocycles. The molecule has 0 atom stereocenters. The molecule has 3 aromatic rings. The minimum atomic E-state index is 0.0631. The van der Waals surface area contributed by atoms with E-state index in [9.17, 15) is 0 Å². The Kier molecular flexibility index (Phi) is 4.83. The average Bonchev–Trinajstić information content (AvgIpc) is 3.17. The maximum atomic E-state index is 4.62. The number of nitrogens with one attached hydrogen (secondary N) is 1. The molecule has 0 amide bonds. The van der Waals surface area contributed by atoms with Crippen molar-refractivity contribution < 1.29 is 0 Å². The molecule has 0 aliphatic heterocycles. The first-order chi connectivity index (χ1) is 11.4. The zero-order chi connectivity index (χ0) is 17.2. The van der Waals surface area contributed by atoms with Gasteiger partial charge in [-0.2, -0.15) is 5.10 Å². The first-order valence-corrected chi connectivity index (χ1v) is 9.04. The van der Waals surface area contributed by atoms with Crippen molar-refractivity contribution >= 4 is 11.3 Å². The Hall–Kier alpha value is -1.98. The highest BCUT2D eigenvalue weighted by molar-refractivity contribution is 7.13. The van der Waals surface area contributed by atoms with E-state index in [1.54, 1.807) is 11.3 Å². The average molecular weight is 340 g/mol. The van der Waals surface area contributed by atoms with Gasteiger partial charge in [0.15, 0.2) is 0 Å². The lowest BCUT2D eigenvalue weighted by Crippen LogP contribution is -2.19. The zero-order valence-corrected chi connectivity index (χ0v) is 15.5. The maximum absolute atomic E-state index is 4.62. The first-order valence-electron chi connectivity index (χ1n) is 8.16. The molecule has 2 heterocycles. The van der Waals surface area contributed by atoms with Gasteiger partial charge < -0.3 is 5.32 Å². The Bertz CT molecular complexity index is 780. The van der Waals surface area contributed by atoms with Crippen LogP contribution in [0, 0.1) is 0 Å². The molecule has 2 aromatic heterocycles. The summed E-state index contributed by atoms with van der Waals surface area (Å²) < 4.78 is 1.90. The second-order valence-corrected chi connectivity index (χ2v) is 7.96. The van der Waals surface area contributed by atoms with Crippen LogP contribution in [-0.4, -0.2) is 14.8 Å². The Morgan fingerprint density at radius 3 is 2.50 bits per heavy atom. The first kappa shape index (κ1) is 16.9. The van der Waals surface area contributed by atoms with Gasteiger partial charge in [0, 0.05) is 54.5 Å². The summed E-state index contributed by atoms with van der Waals surface area (Å²) in [4.78, 5) is 4.35. The summed E-state index contributed by atoms with van der Waals surface area (Å²) in [6.07, 6.45) is 3.95. The van der Waals surface area contributed by atoms with Crippen molar-refractivity contribution in [3.05, 3.63) is 58.9 Å². The third-order valence-corrected chi connectivity index (χ3v) is 4.71. The number of thiazole rings is 1. The predicted molar refractivity (Wildman–Crippen MR) is 100 cm³/mol. The Morgan fingerprint density at radius 2 is 1.88 bits per heavy atom. The molecular weight excluding hydrogens is 316 g/mol. The van der Waals surface area contributed by atoms with Crippen molar-refractivity contribution in [2.24, 2.45) is 7.05 Å². The quantitative estimate of drug-likeness (QED) is 0.759. The highest BCUT2D eigenvalue weighted by atomic mass is 32.1. The minimum Gasteiger partial charge on any atom is -0.308 e. The molecule has 0 fully saturated rings. The topological polar surface area (TPSA) is 42.7 Å². The van der Waals surface area contributed by atoms with Gasteiger partial charge in [0.1, 0.15) is 5.01 Å². The molecule has 126 valence electrons. The number of aryl methyl sites for hydroxylation is 1. The molecular formula is C19H24N4S. The van der Waals surface area contributed by atoms with Crippen molar-refractivity contribution in [2.75, 3.05) is 0 Å². The van der Waals surface area contributed by atoms with Gasteiger partial charge in [0.2, 0.25) is 0 Å². The number of aromatic nitrogens is 3. The summed E-state index contributed by atoms with van der Waals surface area (Å²) in [6, 6.07) is 8.61. The van der Waals surface area contributed by atoms with Gasteiger partial charge in [-0.05, 0) is 5.56 Å². The second kappa shape index (κ2) is 6.87. The largest absolute Gasteiger partial charge is 0.308 e. The Morgan fingerprint density at radius 1 is 1.12 bits per heavy atom. The van der Waals surface area contributed by atoms with Crippen LogP contribution in [0.4, 0.5) is 0 Å². The van der Waals surface area contributed by atoms with Crippen molar-refractivity contribution in [1.29, 1.82) is 0 Å². The Labute approximate surface area is 147 Å². The van der Waals surface area contributed by atoms with Crippen molar-refractivity contribution in [3.8, 4) is 10.6 Å². The zero-order valence-electron chi connectivity index (χ0n) is 14.7. The van der Waals surface area contributed by atoms with E-state index < -0.39 is 0 Å². The van der Waals surface area contributed by atoms with Crippen LogP contribution >= 0.6 is 11.3 Å². The molecule has 0 aliphatic rings. The highest BCUT2D eigenvalue weighted by Gasteiger charge is 2.21. The van der Waals surface area contributed by atoms with Crippen LogP contribution in [-0.2, 0) is 25.6 Å². The van der Waals surface area contributed by atoms with Crippen LogP contribution in [0.25, 0.3) is 10.6 Å². The summed E-state index contributed by atoms with van der Waals surface area (Å²) in [5, 5.41) is 11.2. The third kappa shape index (κ3) is 3.91. The van der Waals surface area contributed by atoms with Crippen LogP contribution < -0.4 is 5.32 Å². The normalized spacial score (nSPS) is 11.8. The van der Waals surface area contributed by atoms with Crippen LogP contribution in [0.5, 0.6) is 0 Å². The molecule has 0 unspecified atom stereocenters. The lowest BCUT2D eigenvalue weighted by Gasteiger charge is -2.17.